The van der Waals surface area contributed by atoms with E-state index in [2.05, 4.69) is 4.74 Å². The van der Waals surface area contributed by atoms with Crippen LogP contribution in [0.1, 0.15) is 8.29 Å². The number of methoxy groups -OCH3 is 1. The van der Waals surface area contributed by atoms with Crippen LogP contribution in [0.5, 0.6) is 0 Å². The lowest BCUT2D eigenvalue weighted by atomic mass is 10.1. The van der Waals surface area contributed by atoms with Gasteiger partial charge in [0.15, 0.2) is 6.29 Å². The lowest BCUT2D eigenvalue weighted by molar-refractivity contribution is -0.136. The third kappa shape index (κ3) is 2.86. The molecule has 12 heavy (non-hydrogen) atoms. The first-order valence-corrected chi connectivity index (χ1v) is 3.45. The van der Waals surface area contributed by atoms with E-state index in [1.54, 1.807) is 0 Å². The maximum absolute atomic E-state index is 10.3. The van der Waals surface area contributed by atoms with Crippen LogP contribution in [0.15, 0.2) is 0 Å². The standard InChI is InChI=1S/C7H14O5/c1-4(9)6(10)7(11)5(3-8)12-2/h3-7,9-11H,1-2H3/t4-,5+,6-,7+/m1/s1/i2D. The van der Waals surface area contributed by atoms with Gasteiger partial charge in [0.2, 0.25) is 0 Å². The Kier molecular flexibility index (Phi) is 4.16. The molecule has 0 saturated heterocycles. The first-order chi connectivity index (χ1) is 6.04. The van der Waals surface area contributed by atoms with Crippen LogP contribution in [0.2, 0.25) is 0 Å². The smallest absolute Gasteiger partial charge is 0.151 e. The molecule has 5 nitrogen and oxygen atoms in total. The van der Waals surface area contributed by atoms with Crippen molar-refractivity contribution in [2.24, 2.45) is 0 Å². The highest BCUT2D eigenvalue weighted by Crippen LogP contribution is 2.05. The number of hydrogen-bond acceptors (Lipinski definition) is 5. The van der Waals surface area contributed by atoms with E-state index in [1.165, 1.54) is 6.92 Å². The summed E-state index contributed by atoms with van der Waals surface area (Å²) in [5.41, 5.74) is 0. The average molecular weight is 179 g/mol. The average Bonchev–Trinajstić information content (AvgIpc) is 2.11. The second kappa shape index (κ2) is 5.21. The zero-order valence-electron chi connectivity index (χ0n) is 7.75. The molecule has 0 radical (unpaired) electrons. The van der Waals surface area contributed by atoms with Crippen molar-refractivity contribution in [2.45, 2.75) is 31.3 Å². The summed E-state index contributed by atoms with van der Waals surface area (Å²) in [6.45, 7) is 1.27. The number of aldehydes is 1. The van der Waals surface area contributed by atoms with Gasteiger partial charge in [0.25, 0.3) is 0 Å². The van der Waals surface area contributed by atoms with Crippen LogP contribution in [0.3, 0.4) is 0 Å². The number of hydrogen-bond donors (Lipinski definition) is 3. The lowest BCUT2D eigenvalue weighted by Gasteiger charge is -2.23. The first kappa shape index (κ1) is 9.60. The van der Waals surface area contributed by atoms with Crippen molar-refractivity contribution in [3.8, 4) is 0 Å². The summed E-state index contributed by atoms with van der Waals surface area (Å²) < 4.78 is 11.1. The first-order valence-electron chi connectivity index (χ1n) is 4.15. The summed E-state index contributed by atoms with van der Waals surface area (Å²) in [5.74, 6) is 0. The molecule has 0 aromatic heterocycles. The predicted molar refractivity (Wildman–Crippen MR) is 40.6 cm³/mol. The summed E-state index contributed by atoms with van der Waals surface area (Å²) >= 11 is 0. The summed E-state index contributed by atoms with van der Waals surface area (Å²) in [6, 6.07) is 0. The van der Waals surface area contributed by atoms with E-state index < -0.39 is 31.5 Å². The summed E-state index contributed by atoms with van der Waals surface area (Å²) in [4.78, 5) is 10.3. The van der Waals surface area contributed by atoms with Crippen LogP contribution in [-0.4, -0.2) is 53.1 Å². The fourth-order valence-corrected chi connectivity index (χ4v) is 0.698. The molecule has 0 fully saturated rings. The molecule has 3 N–H and O–H groups in total. The molecule has 4 atom stereocenters. The molecule has 0 saturated carbocycles. The van der Waals surface area contributed by atoms with Gasteiger partial charge in [0.05, 0.1) is 7.47 Å². The highest BCUT2D eigenvalue weighted by Gasteiger charge is 2.28. The molecule has 0 rings (SSSR count). The van der Waals surface area contributed by atoms with Crippen LogP contribution >= 0.6 is 0 Å². The molecule has 0 aromatic rings. The third-order valence-electron chi connectivity index (χ3n) is 1.51. The molecular weight excluding hydrogens is 164 g/mol. The zero-order valence-corrected chi connectivity index (χ0v) is 6.75. The molecule has 0 spiro atoms. The minimum absolute atomic E-state index is 0.283. The molecule has 0 amide bonds. The summed E-state index contributed by atoms with van der Waals surface area (Å²) in [6.07, 6.45) is -5.12. The van der Waals surface area contributed by atoms with Gasteiger partial charge in [-0.05, 0) is 6.92 Å². The molecule has 0 aliphatic carbocycles. The molecule has 5 heteroatoms. The van der Waals surface area contributed by atoms with E-state index in [9.17, 15) is 9.90 Å². The van der Waals surface area contributed by atoms with E-state index in [0.29, 0.717) is 0 Å². The number of rotatable bonds is 5. The quantitative estimate of drug-likeness (QED) is 0.438. The summed E-state index contributed by atoms with van der Waals surface area (Å²) in [7, 11) is -0.493. The minimum Gasteiger partial charge on any atom is -0.391 e. The van der Waals surface area contributed by atoms with E-state index in [1.807, 2.05) is 0 Å². The third-order valence-corrected chi connectivity index (χ3v) is 1.51. The highest BCUT2D eigenvalue weighted by atomic mass is 16.5. The molecule has 72 valence electrons. The predicted octanol–water partition coefficient (Wildman–Crippen LogP) is -1.70. The number of carbonyl (C=O) groups excluding carboxylic acids is 1. The van der Waals surface area contributed by atoms with Gasteiger partial charge in [-0.1, -0.05) is 0 Å². The Labute approximate surface area is 72.0 Å². The highest BCUT2D eigenvalue weighted by molar-refractivity contribution is 5.57. The number of carbonyl (C=O) groups is 1. The van der Waals surface area contributed by atoms with Crippen molar-refractivity contribution >= 4 is 6.29 Å². The second-order valence-corrected chi connectivity index (χ2v) is 2.49. The van der Waals surface area contributed by atoms with Gasteiger partial charge in [0, 0.05) is 7.09 Å². The van der Waals surface area contributed by atoms with Gasteiger partial charge in [-0.2, -0.15) is 0 Å². The molecule has 0 bridgehead atoms. The Balaban J connectivity index is 4.17. The Bertz CT molecular complexity index is 152. The maximum Gasteiger partial charge on any atom is 0.151 e. The topological polar surface area (TPSA) is 87.0 Å². The fourth-order valence-electron chi connectivity index (χ4n) is 0.698. The minimum atomic E-state index is -1.51. The van der Waals surface area contributed by atoms with Crippen molar-refractivity contribution in [1.29, 1.82) is 0 Å². The summed E-state index contributed by atoms with van der Waals surface area (Å²) in [5, 5.41) is 27.2. The second-order valence-electron chi connectivity index (χ2n) is 2.49. The van der Waals surface area contributed by atoms with Crippen molar-refractivity contribution in [3.05, 3.63) is 0 Å². The number of aliphatic hydroxyl groups excluding tert-OH is 3. The van der Waals surface area contributed by atoms with Gasteiger partial charge in [0.1, 0.15) is 18.3 Å². The molecular formula is C7H14O5. The Morgan fingerprint density at radius 3 is 2.33 bits per heavy atom. The molecule has 0 aliphatic rings. The van der Waals surface area contributed by atoms with Crippen LogP contribution in [0, 0.1) is 0 Å². The molecule has 0 aromatic carbocycles. The SMILES string of the molecule is [2H]CO[C@@H](C=O)[C@H](O)[C@H](O)[C@@H](C)O. The van der Waals surface area contributed by atoms with Crippen molar-refractivity contribution in [1.82, 2.24) is 0 Å². The number of aliphatic hydroxyl groups is 3. The van der Waals surface area contributed by atoms with E-state index in [4.69, 9.17) is 11.6 Å². The largest absolute Gasteiger partial charge is 0.391 e. The van der Waals surface area contributed by atoms with E-state index in [-0.39, 0.29) is 6.29 Å². The monoisotopic (exact) mass is 179 g/mol. The van der Waals surface area contributed by atoms with Gasteiger partial charge >= 0.3 is 0 Å². The normalized spacial score (nSPS) is 22.2. The lowest BCUT2D eigenvalue weighted by Crippen LogP contribution is -2.44. The molecule has 0 unspecified atom stereocenters. The van der Waals surface area contributed by atoms with Crippen molar-refractivity contribution < 1.29 is 26.2 Å². The molecule has 0 heterocycles. The van der Waals surface area contributed by atoms with Crippen molar-refractivity contribution in [3.63, 3.8) is 0 Å². The fraction of sp³-hybridized carbons (Fsp3) is 0.857. The Morgan fingerprint density at radius 1 is 1.42 bits per heavy atom. The van der Waals surface area contributed by atoms with Crippen molar-refractivity contribution in [2.75, 3.05) is 7.09 Å². The molecule has 0 aliphatic heterocycles. The van der Waals surface area contributed by atoms with Gasteiger partial charge in [-0.15, -0.1) is 0 Å². The number of ether oxygens (including phenoxy) is 1. The Hall–Kier alpha value is -0.490. The van der Waals surface area contributed by atoms with Gasteiger partial charge < -0.3 is 24.9 Å². The van der Waals surface area contributed by atoms with Gasteiger partial charge in [-0.25, -0.2) is 0 Å². The van der Waals surface area contributed by atoms with Crippen LogP contribution in [0.4, 0.5) is 0 Å². The van der Waals surface area contributed by atoms with E-state index in [0.717, 1.165) is 0 Å². The van der Waals surface area contributed by atoms with E-state index >= 15 is 0 Å². The van der Waals surface area contributed by atoms with Crippen LogP contribution in [-0.2, 0) is 9.53 Å². The van der Waals surface area contributed by atoms with Gasteiger partial charge in [-0.3, -0.25) is 0 Å². The van der Waals surface area contributed by atoms with Crippen LogP contribution in [0.25, 0.3) is 0 Å². The Morgan fingerprint density at radius 2 is 2.00 bits per heavy atom. The maximum atomic E-state index is 10.3. The van der Waals surface area contributed by atoms with Crippen LogP contribution < -0.4 is 0 Å². The zero-order chi connectivity index (χ0) is 10.4.